The van der Waals surface area contributed by atoms with Crippen molar-refractivity contribution in [1.29, 1.82) is 0 Å². The Morgan fingerprint density at radius 1 is 1.19 bits per heavy atom. The summed E-state index contributed by atoms with van der Waals surface area (Å²) in [6.45, 7) is 0.688. The number of rotatable bonds is 7. The first-order valence-electron chi connectivity index (χ1n) is 9.21. The Balaban J connectivity index is 0.000000654. The van der Waals surface area contributed by atoms with Crippen molar-refractivity contribution in [2.45, 2.75) is 18.7 Å². The fraction of sp³-hybridized carbons (Fsp3) is 0.300. The number of hydrogen-bond acceptors (Lipinski definition) is 6. The smallest absolute Gasteiger partial charge is 0.261 e. The van der Waals surface area contributed by atoms with Gasteiger partial charge in [0.2, 0.25) is 0 Å². The molecule has 0 bridgehead atoms. The van der Waals surface area contributed by atoms with Gasteiger partial charge in [-0.2, -0.15) is 13.5 Å². The standard InChI is InChI=1S/C19H19F2IN4O.CH4O3S/c1-25(9-14-2-5-16(22)6-3-14)10-19(27,11-26-13-23-12-24-26)17-7-4-15(20)8-18(17)21;1-5(2,3)4/h2-8,12-13,27H,9-11H2,1H3;1H3,(H,2,3,4)/t19-;/m0./s1. The van der Waals surface area contributed by atoms with E-state index in [2.05, 4.69) is 32.7 Å². The molecule has 32 heavy (non-hydrogen) atoms. The molecule has 1 heterocycles. The molecule has 0 fully saturated rings. The second kappa shape index (κ2) is 11.2. The second-order valence-corrected chi connectivity index (χ2v) is 9.99. The topological polar surface area (TPSA) is 109 Å². The van der Waals surface area contributed by atoms with Gasteiger partial charge in [0.05, 0.1) is 12.8 Å². The van der Waals surface area contributed by atoms with Crippen LogP contribution in [0.15, 0.2) is 55.1 Å². The van der Waals surface area contributed by atoms with Crippen LogP contribution in [0.4, 0.5) is 8.78 Å². The Bertz CT molecular complexity index is 1110. The molecule has 0 saturated carbocycles. The number of benzene rings is 2. The molecule has 1 aromatic heterocycles. The zero-order valence-corrected chi connectivity index (χ0v) is 20.3. The van der Waals surface area contributed by atoms with Gasteiger partial charge in [0, 0.05) is 28.3 Å². The van der Waals surface area contributed by atoms with E-state index in [1.807, 2.05) is 36.2 Å². The summed E-state index contributed by atoms with van der Waals surface area (Å²) in [4.78, 5) is 5.76. The molecule has 8 nitrogen and oxygen atoms in total. The van der Waals surface area contributed by atoms with Crippen LogP contribution in [0.1, 0.15) is 11.1 Å². The molecule has 174 valence electrons. The van der Waals surface area contributed by atoms with Crippen molar-refractivity contribution in [3.8, 4) is 0 Å². The van der Waals surface area contributed by atoms with E-state index in [4.69, 9.17) is 4.55 Å². The summed E-state index contributed by atoms with van der Waals surface area (Å²) in [5.74, 6) is -1.48. The largest absolute Gasteiger partial charge is 0.382 e. The van der Waals surface area contributed by atoms with Crippen LogP contribution in [0.3, 0.4) is 0 Å². The monoisotopic (exact) mass is 580 g/mol. The van der Waals surface area contributed by atoms with Crippen LogP contribution in [0.25, 0.3) is 0 Å². The highest BCUT2D eigenvalue weighted by Gasteiger charge is 2.34. The number of aromatic nitrogens is 3. The fourth-order valence-corrected chi connectivity index (χ4v) is 3.43. The fourth-order valence-electron chi connectivity index (χ4n) is 3.07. The molecule has 0 radical (unpaired) electrons. The number of aliphatic hydroxyl groups is 1. The molecule has 3 aromatic rings. The first-order valence-corrected chi connectivity index (χ1v) is 12.1. The summed E-state index contributed by atoms with van der Waals surface area (Å²) in [5.41, 5.74) is -0.516. The third-order valence-corrected chi connectivity index (χ3v) is 4.94. The van der Waals surface area contributed by atoms with E-state index < -0.39 is 27.4 Å². The van der Waals surface area contributed by atoms with Gasteiger partial charge in [-0.15, -0.1) is 0 Å². The van der Waals surface area contributed by atoms with Crippen LogP contribution >= 0.6 is 22.6 Å². The Morgan fingerprint density at radius 2 is 1.81 bits per heavy atom. The summed E-state index contributed by atoms with van der Waals surface area (Å²) in [5, 5.41) is 15.3. The Labute approximate surface area is 198 Å². The van der Waals surface area contributed by atoms with Gasteiger partial charge in [0.25, 0.3) is 10.1 Å². The molecule has 3 rings (SSSR count). The molecular formula is C20H23F2IN4O4S. The van der Waals surface area contributed by atoms with E-state index in [0.717, 1.165) is 21.3 Å². The van der Waals surface area contributed by atoms with Crippen molar-refractivity contribution >= 4 is 32.7 Å². The minimum atomic E-state index is -3.67. The molecule has 2 aromatic carbocycles. The van der Waals surface area contributed by atoms with Gasteiger partial charge in [-0.05, 0) is 53.4 Å². The average molecular weight is 580 g/mol. The maximum Gasteiger partial charge on any atom is 0.261 e. The lowest BCUT2D eigenvalue weighted by atomic mass is 9.92. The van der Waals surface area contributed by atoms with Crippen molar-refractivity contribution in [2.75, 3.05) is 19.8 Å². The minimum Gasteiger partial charge on any atom is -0.382 e. The highest BCUT2D eigenvalue weighted by atomic mass is 127. The first kappa shape index (κ1) is 26.3. The van der Waals surface area contributed by atoms with Crippen LogP contribution in [-0.4, -0.2) is 57.6 Å². The number of nitrogens with zero attached hydrogens (tertiary/aromatic N) is 4. The zero-order valence-electron chi connectivity index (χ0n) is 17.4. The normalized spacial score (nSPS) is 13.4. The molecule has 12 heteroatoms. The average Bonchev–Trinajstić information content (AvgIpc) is 3.14. The van der Waals surface area contributed by atoms with E-state index >= 15 is 0 Å². The Kier molecular flexibility index (Phi) is 9.21. The quantitative estimate of drug-likeness (QED) is 0.327. The lowest BCUT2D eigenvalue weighted by molar-refractivity contribution is -0.0175. The van der Waals surface area contributed by atoms with Crippen molar-refractivity contribution in [1.82, 2.24) is 19.7 Å². The summed E-state index contributed by atoms with van der Waals surface area (Å²) in [6.07, 6.45) is 3.51. The van der Waals surface area contributed by atoms with E-state index in [0.29, 0.717) is 12.8 Å². The maximum atomic E-state index is 14.4. The lowest BCUT2D eigenvalue weighted by Crippen LogP contribution is -2.43. The highest BCUT2D eigenvalue weighted by Crippen LogP contribution is 2.28. The third kappa shape index (κ3) is 8.86. The number of hydrogen-bond donors (Lipinski definition) is 2. The highest BCUT2D eigenvalue weighted by molar-refractivity contribution is 14.1. The SMILES string of the molecule is CN(Cc1ccc(I)cc1)C[C@](O)(Cn1cncn1)c1ccc(F)cc1F.CS(=O)(=O)O. The van der Waals surface area contributed by atoms with Crippen molar-refractivity contribution < 1.29 is 26.9 Å². The van der Waals surface area contributed by atoms with Gasteiger partial charge in [0.1, 0.15) is 29.9 Å². The molecule has 0 aliphatic carbocycles. The maximum absolute atomic E-state index is 14.4. The molecule has 1 atom stereocenters. The predicted molar refractivity (Wildman–Crippen MR) is 123 cm³/mol. The van der Waals surface area contributed by atoms with Crippen LogP contribution in [0.5, 0.6) is 0 Å². The van der Waals surface area contributed by atoms with Gasteiger partial charge in [-0.3, -0.25) is 9.45 Å². The van der Waals surface area contributed by atoms with Crippen molar-refractivity contribution in [3.63, 3.8) is 0 Å². The minimum absolute atomic E-state index is 0.00736. The Hall–Kier alpha value is -2.00. The van der Waals surface area contributed by atoms with E-state index in [9.17, 15) is 22.3 Å². The van der Waals surface area contributed by atoms with Gasteiger partial charge in [0.15, 0.2) is 0 Å². The molecule has 0 aliphatic heterocycles. The molecule has 0 spiro atoms. The van der Waals surface area contributed by atoms with E-state index in [1.165, 1.54) is 23.4 Å². The summed E-state index contributed by atoms with van der Waals surface area (Å²) >= 11 is 2.24. The predicted octanol–water partition coefficient (Wildman–Crippen LogP) is 2.68. The summed E-state index contributed by atoms with van der Waals surface area (Å²) < 4.78 is 56.2. The van der Waals surface area contributed by atoms with Gasteiger partial charge in [-0.1, -0.05) is 18.2 Å². The first-order chi connectivity index (χ1) is 14.9. The molecule has 2 N–H and O–H groups in total. The molecular weight excluding hydrogens is 557 g/mol. The summed E-state index contributed by atoms with van der Waals surface area (Å²) in [7, 11) is -1.83. The van der Waals surface area contributed by atoms with Crippen molar-refractivity contribution in [2.24, 2.45) is 0 Å². The van der Waals surface area contributed by atoms with E-state index in [1.54, 1.807) is 0 Å². The van der Waals surface area contributed by atoms with Crippen LogP contribution < -0.4 is 0 Å². The lowest BCUT2D eigenvalue weighted by Gasteiger charge is -2.33. The number of halogens is 3. The summed E-state index contributed by atoms with van der Waals surface area (Å²) in [6, 6.07) is 11.2. The van der Waals surface area contributed by atoms with E-state index in [-0.39, 0.29) is 18.7 Å². The number of likely N-dealkylation sites (N-methyl/N-ethyl adjacent to an activating group) is 1. The van der Waals surface area contributed by atoms with Crippen LogP contribution in [-0.2, 0) is 28.8 Å². The molecule has 0 saturated heterocycles. The van der Waals surface area contributed by atoms with Crippen LogP contribution in [0, 0.1) is 15.2 Å². The van der Waals surface area contributed by atoms with Crippen LogP contribution in [0.2, 0.25) is 0 Å². The van der Waals surface area contributed by atoms with Crippen molar-refractivity contribution in [3.05, 3.63) is 81.5 Å². The van der Waals surface area contributed by atoms with Gasteiger partial charge < -0.3 is 5.11 Å². The zero-order chi connectivity index (χ0) is 23.9. The second-order valence-electron chi connectivity index (χ2n) is 7.28. The molecule has 0 unspecified atom stereocenters. The van der Waals surface area contributed by atoms with Gasteiger partial charge in [-0.25, -0.2) is 18.4 Å². The Morgan fingerprint density at radius 3 is 2.34 bits per heavy atom. The molecule has 0 aliphatic rings. The third-order valence-electron chi connectivity index (χ3n) is 4.22. The van der Waals surface area contributed by atoms with Gasteiger partial charge >= 0.3 is 0 Å². The molecule has 0 amide bonds.